The number of H-pyrrole nitrogens is 2. The molecule has 10 nitrogen and oxygen atoms in total. The molecule has 41 heavy (non-hydrogen) atoms. The van der Waals surface area contributed by atoms with Crippen LogP contribution in [-0.2, 0) is 11.2 Å². The lowest BCUT2D eigenvalue weighted by atomic mass is 9.94. The van der Waals surface area contributed by atoms with Crippen molar-refractivity contribution in [2.75, 3.05) is 39.5 Å². The van der Waals surface area contributed by atoms with E-state index in [9.17, 15) is 9.90 Å². The molecular weight excluding hydrogens is 542 g/mol. The van der Waals surface area contributed by atoms with Crippen LogP contribution in [0.25, 0.3) is 11.0 Å². The fraction of sp³-hybridized carbons (Fsp3) is 0.367. The number of pyridine rings is 1. The van der Waals surface area contributed by atoms with Crippen LogP contribution >= 0.6 is 12.2 Å². The molecule has 0 aliphatic carbocycles. The highest BCUT2D eigenvalue weighted by atomic mass is 32.1. The Labute approximate surface area is 243 Å². The highest BCUT2D eigenvalue weighted by molar-refractivity contribution is 7.71. The van der Waals surface area contributed by atoms with E-state index in [1.807, 2.05) is 42.5 Å². The Morgan fingerprint density at radius 2 is 1.93 bits per heavy atom. The number of morpholine rings is 1. The van der Waals surface area contributed by atoms with Crippen LogP contribution in [0, 0.1) is 4.77 Å². The fourth-order valence-electron chi connectivity index (χ4n) is 4.68. The van der Waals surface area contributed by atoms with E-state index in [2.05, 4.69) is 34.1 Å². The molecule has 11 heteroatoms. The highest BCUT2D eigenvalue weighted by Gasteiger charge is 2.21. The van der Waals surface area contributed by atoms with Crippen molar-refractivity contribution in [3.05, 3.63) is 76.7 Å². The molecule has 2 aromatic heterocycles. The number of fused-ring (bicyclic) bond motifs is 1. The molecule has 5 rings (SSSR count). The van der Waals surface area contributed by atoms with Gasteiger partial charge in [-0.25, -0.2) is 4.98 Å². The monoisotopic (exact) mass is 577 g/mol. The average molecular weight is 578 g/mol. The number of carbonyl (C=O) groups excluding carboxylic acids is 1. The minimum atomic E-state index is -0.690. The molecular formula is C30H35N5O5S. The van der Waals surface area contributed by atoms with Crippen LogP contribution in [0.1, 0.15) is 29.8 Å². The normalized spacial score (nSPS) is 14.7. The number of amides is 1. The van der Waals surface area contributed by atoms with Gasteiger partial charge in [0.1, 0.15) is 29.7 Å². The van der Waals surface area contributed by atoms with E-state index in [-0.39, 0.29) is 18.1 Å². The van der Waals surface area contributed by atoms with E-state index in [0.29, 0.717) is 60.6 Å². The molecule has 1 amide bonds. The minimum absolute atomic E-state index is 0.0488. The van der Waals surface area contributed by atoms with Gasteiger partial charge in [0.15, 0.2) is 4.77 Å². The number of aromatic nitrogens is 3. The predicted molar refractivity (Wildman–Crippen MR) is 158 cm³/mol. The molecule has 1 fully saturated rings. The first-order valence-corrected chi connectivity index (χ1v) is 14.0. The van der Waals surface area contributed by atoms with Crippen LogP contribution in [0.2, 0.25) is 0 Å². The number of benzene rings is 2. The number of hydrogen-bond donors (Lipinski definition) is 4. The summed E-state index contributed by atoms with van der Waals surface area (Å²) in [4.78, 5) is 24.8. The van der Waals surface area contributed by atoms with Crippen molar-refractivity contribution >= 4 is 29.2 Å². The minimum Gasteiger partial charge on any atom is -0.489 e. The summed E-state index contributed by atoms with van der Waals surface area (Å²) in [6, 6.07) is 16.9. The van der Waals surface area contributed by atoms with Gasteiger partial charge >= 0.3 is 0 Å². The van der Waals surface area contributed by atoms with E-state index in [0.717, 1.165) is 23.0 Å². The Kier molecular flexibility index (Phi) is 8.99. The van der Waals surface area contributed by atoms with Gasteiger partial charge in [0.05, 0.1) is 24.3 Å². The van der Waals surface area contributed by atoms with Crippen molar-refractivity contribution in [2.24, 2.45) is 0 Å². The Hall–Kier alpha value is -3.77. The molecule has 0 unspecified atom stereocenters. The number of β-amino-alcohol motifs (C(OH)–C–C–N with tert-alkyl or cyclic N) is 1. The first-order chi connectivity index (χ1) is 19.8. The Bertz CT molecular complexity index is 1510. The summed E-state index contributed by atoms with van der Waals surface area (Å²) in [5.41, 5.74) is 3.04. The predicted octanol–water partition coefficient (Wildman–Crippen LogP) is 4.24. The molecule has 0 bridgehead atoms. The van der Waals surface area contributed by atoms with Crippen LogP contribution in [-0.4, -0.2) is 82.0 Å². The van der Waals surface area contributed by atoms with E-state index in [1.54, 1.807) is 23.2 Å². The van der Waals surface area contributed by atoms with Gasteiger partial charge in [-0.2, -0.15) is 0 Å². The largest absolute Gasteiger partial charge is 0.489 e. The van der Waals surface area contributed by atoms with Crippen molar-refractivity contribution < 1.29 is 24.1 Å². The molecule has 3 heterocycles. The summed E-state index contributed by atoms with van der Waals surface area (Å²) >= 11 is 5.16. The highest BCUT2D eigenvalue weighted by Crippen LogP contribution is 2.24. The van der Waals surface area contributed by atoms with E-state index >= 15 is 0 Å². The lowest BCUT2D eigenvalue weighted by molar-refractivity contribution is 0.0302. The van der Waals surface area contributed by atoms with Gasteiger partial charge in [0, 0.05) is 37.4 Å². The molecule has 4 aromatic rings. The van der Waals surface area contributed by atoms with Gasteiger partial charge in [-0.1, -0.05) is 18.2 Å². The Morgan fingerprint density at radius 1 is 1.15 bits per heavy atom. The van der Waals surface area contributed by atoms with Crippen molar-refractivity contribution in [2.45, 2.75) is 31.9 Å². The second-order valence-electron chi connectivity index (χ2n) is 10.7. The van der Waals surface area contributed by atoms with E-state index in [4.69, 9.17) is 26.4 Å². The summed E-state index contributed by atoms with van der Waals surface area (Å²) in [6.45, 7) is 7.01. The number of ether oxygens (including phenoxy) is 3. The van der Waals surface area contributed by atoms with Gasteiger partial charge in [-0.3, -0.25) is 4.79 Å². The summed E-state index contributed by atoms with van der Waals surface area (Å²) in [5, 5.41) is 14.0. The smallest absolute Gasteiger partial charge is 0.255 e. The van der Waals surface area contributed by atoms with Crippen LogP contribution in [0.15, 0.2) is 60.8 Å². The molecule has 4 N–H and O–H groups in total. The summed E-state index contributed by atoms with van der Waals surface area (Å²) in [7, 11) is 0. The van der Waals surface area contributed by atoms with Crippen LogP contribution in [0.4, 0.5) is 0 Å². The number of hydrogen-bond acceptors (Lipinski definition) is 8. The first-order valence-electron chi connectivity index (χ1n) is 13.6. The maximum Gasteiger partial charge on any atom is 0.255 e. The third-order valence-electron chi connectivity index (χ3n) is 6.83. The van der Waals surface area contributed by atoms with Crippen molar-refractivity contribution in [3.8, 4) is 17.4 Å². The lowest BCUT2D eigenvalue weighted by Crippen LogP contribution is -2.46. The maximum atomic E-state index is 12.6. The van der Waals surface area contributed by atoms with Crippen LogP contribution in [0.5, 0.6) is 17.4 Å². The number of carbonyl (C=O) groups is 1. The molecule has 0 saturated carbocycles. The van der Waals surface area contributed by atoms with Gasteiger partial charge < -0.3 is 39.5 Å². The molecule has 1 atom stereocenters. The van der Waals surface area contributed by atoms with Gasteiger partial charge in [-0.05, 0) is 68.4 Å². The number of nitrogens with zero attached hydrogens (tertiary/aromatic N) is 2. The SMILES string of the molecule is CC(C)(Cc1ccc(Oc2ccc(C(=O)N3CCOCC3)cn2)cc1)NC[C@H](O)COc1cccc2[nH]c(=S)[nH]c12. The number of imidazole rings is 1. The molecule has 216 valence electrons. The van der Waals surface area contributed by atoms with Crippen molar-refractivity contribution in [3.63, 3.8) is 0 Å². The van der Waals surface area contributed by atoms with E-state index < -0.39 is 6.10 Å². The number of aliphatic hydroxyl groups is 1. The lowest BCUT2D eigenvalue weighted by Gasteiger charge is -2.28. The third kappa shape index (κ3) is 7.70. The average Bonchev–Trinajstić information content (AvgIpc) is 3.37. The second kappa shape index (κ2) is 12.8. The number of rotatable bonds is 11. The van der Waals surface area contributed by atoms with Crippen molar-refractivity contribution in [1.82, 2.24) is 25.2 Å². The fourth-order valence-corrected chi connectivity index (χ4v) is 4.89. The van der Waals surface area contributed by atoms with E-state index in [1.165, 1.54) is 0 Å². The molecule has 0 spiro atoms. The van der Waals surface area contributed by atoms with Gasteiger partial charge in [0.2, 0.25) is 5.88 Å². The zero-order valence-electron chi connectivity index (χ0n) is 23.2. The standard InChI is InChI=1S/C30H35N5O5S/c1-30(2,32-18-22(36)19-39-25-5-3-4-24-27(25)34-29(41)33-24)16-20-6-9-23(10-7-20)40-26-11-8-21(17-31-26)28(37)35-12-14-38-15-13-35/h3-11,17,22,32,36H,12-16,18-19H2,1-2H3,(H2,33,34,41)/t22-/m0/s1. The zero-order valence-corrected chi connectivity index (χ0v) is 24.0. The summed E-state index contributed by atoms with van der Waals surface area (Å²) in [5.74, 6) is 1.67. The Morgan fingerprint density at radius 3 is 2.66 bits per heavy atom. The molecule has 1 aliphatic heterocycles. The quantitative estimate of drug-likeness (QED) is 0.195. The van der Waals surface area contributed by atoms with Crippen LogP contribution in [0.3, 0.4) is 0 Å². The zero-order chi connectivity index (χ0) is 28.8. The Balaban J connectivity index is 1.08. The number of aromatic amines is 2. The maximum absolute atomic E-state index is 12.6. The number of para-hydroxylation sites is 1. The topological polar surface area (TPSA) is 125 Å². The van der Waals surface area contributed by atoms with Gasteiger partial charge in [0.25, 0.3) is 5.91 Å². The van der Waals surface area contributed by atoms with Gasteiger partial charge in [-0.15, -0.1) is 0 Å². The number of aliphatic hydroxyl groups excluding tert-OH is 1. The first kappa shape index (κ1) is 28.7. The third-order valence-corrected chi connectivity index (χ3v) is 7.04. The molecule has 1 aliphatic rings. The summed E-state index contributed by atoms with van der Waals surface area (Å²) in [6.07, 6.45) is 1.60. The molecule has 0 radical (unpaired) electrons. The second-order valence-corrected chi connectivity index (χ2v) is 11.1. The van der Waals surface area contributed by atoms with Crippen molar-refractivity contribution in [1.29, 1.82) is 0 Å². The summed E-state index contributed by atoms with van der Waals surface area (Å²) < 4.78 is 17.6. The number of nitrogens with one attached hydrogen (secondary N) is 3. The molecule has 2 aromatic carbocycles. The molecule has 1 saturated heterocycles. The van der Waals surface area contributed by atoms with Crippen LogP contribution < -0.4 is 14.8 Å².